The van der Waals surface area contributed by atoms with E-state index in [2.05, 4.69) is 9.55 Å². The fraction of sp³-hybridized carbons (Fsp3) is 0.632. The van der Waals surface area contributed by atoms with E-state index in [-0.39, 0.29) is 0 Å². The van der Waals surface area contributed by atoms with E-state index in [0.29, 0.717) is 11.8 Å². The lowest BCUT2D eigenvalue weighted by molar-refractivity contribution is -0.108. The van der Waals surface area contributed by atoms with Gasteiger partial charge in [0.1, 0.15) is 5.75 Å². The quantitative estimate of drug-likeness (QED) is 0.772. The number of nitrogens with zero attached hydrogens (tertiary/aromatic N) is 2. The van der Waals surface area contributed by atoms with Crippen molar-refractivity contribution in [3.05, 3.63) is 24.5 Å². The summed E-state index contributed by atoms with van der Waals surface area (Å²) in [6.07, 6.45) is 8.15. The van der Waals surface area contributed by atoms with Gasteiger partial charge in [0, 0.05) is 12.1 Å². The number of imidazole rings is 1. The highest BCUT2D eigenvalue weighted by molar-refractivity contribution is 6.35. The smallest absolute Gasteiger partial charge is 0.512 e. The number of hydrogen-bond acceptors (Lipinski definition) is 5. The van der Waals surface area contributed by atoms with Crippen molar-refractivity contribution in [3.8, 4) is 5.75 Å². The van der Waals surface area contributed by atoms with Gasteiger partial charge >= 0.3 is 7.32 Å². The summed E-state index contributed by atoms with van der Waals surface area (Å²) >= 11 is 0. The van der Waals surface area contributed by atoms with Crippen molar-refractivity contribution < 1.29 is 19.4 Å². The first-order chi connectivity index (χ1) is 12.2. The Bertz CT molecular complexity index is 748. The SMILES string of the molecule is CC(C)(O)C(C)(C)OB(O)Oc1ccc2c(c1)ncn2C1CCCCC1. The molecule has 0 atom stereocenters. The van der Waals surface area contributed by atoms with Crippen molar-refractivity contribution in [1.82, 2.24) is 9.55 Å². The monoisotopic (exact) mass is 360 g/mol. The fourth-order valence-corrected chi connectivity index (χ4v) is 3.27. The first-order valence-corrected chi connectivity index (χ1v) is 9.39. The molecule has 3 rings (SSSR count). The highest BCUT2D eigenvalue weighted by Gasteiger charge is 2.41. The molecule has 1 aromatic carbocycles. The van der Waals surface area contributed by atoms with Gasteiger partial charge in [0.25, 0.3) is 0 Å². The first-order valence-electron chi connectivity index (χ1n) is 9.39. The third-order valence-electron chi connectivity index (χ3n) is 5.62. The van der Waals surface area contributed by atoms with Crippen molar-refractivity contribution in [2.24, 2.45) is 0 Å². The zero-order chi connectivity index (χ0) is 18.9. The Balaban J connectivity index is 1.71. The van der Waals surface area contributed by atoms with Gasteiger partial charge in [-0.05, 0) is 52.7 Å². The normalized spacial score (nSPS) is 16.8. The molecule has 0 bridgehead atoms. The van der Waals surface area contributed by atoms with Crippen molar-refractivity contribution in [2.75, 3.05) is 0 Å². The summed E-state index contributed by atoms with van der Waals surface area (Å²) in [5.74, 6) is 0.477. The molecule has 0 unspecified atom stereocenters. The zero-order valence-corrected chi connectivity index (χ0v) is 16.1. The van der Waals surface area contributed by atoms with E-state index >= 15 is 0 Å². The highest BCUT2D eigenvalue weighted by atomic mass is 16.7. The van der Waals surface area contributed by atoms with E-state index in [4.69, 9.17) is 9.31 Å². The Morgan fingerprint density at radius 1 is 1.15 bits per heavy atom. The standard InChI is InChI=1S/C19H29BN2O4/c1-18(2,23)19(3,4)26-20(24)25-15-10-11-17-16(12-15)21-13-22(17)14-8-6-5-7-9-14/h10-14,23-24H,5-9H2,1-4H3. The Morgan fingerprint density at radius 2 is 1.85 bits per heavy atom. The molecule has 1 aliphatic rings. The predicted octanol–water partition coefficient (Wildman–Crippen LogP) is 3.46. The Morgan fingerprint density at radius 3 is 2.50 bits per heavy atom. The topological polar surface area (TPSA) is 76.7 Å². The summed E-state index contributed by atoms with van der Waals surface area (Å²) in [4.78, 5) is 4.50. The molecule has 1 aromatic heterocycles. The molecule has 2 N–H and O–H groups in total. The Labute approximate surface area is 155 Å². The maximum atomic E-state index is 10.1. The summed E-state index contributed by atoms with van der Waals surface area (Å²) in [6, 6.07) is 6.10. The average molecular weight is 360 g/mol. The van der Waals surface area contributed by atoms with Gasteiger partial charge in [-0.1, -0.05) is 19.3 Å². The molecule has 1 saturated carbocycles. The van der Waals surface area contributed by atoms with Gasteiger partial charge in [0.15, 0.2) is 0 Å². The van der Waals surface area contributed by atoms with Crippen LogP contribution in [0.25, 0.3) is 11.0 Å². The average Bonchev–Trinajstić information content (AvgIpc) is 2.97. The van der Waals surface area contributed by atoms with Gasteiger partial charge < -0.3 is 24.0 Å². The molecule has 0 amide bonds. The summed E-state index contributed by atoms with van der Waals surface area (Å²) in [7, 11) is -1.48. The largest absolute Gasteiger partial charge is 0.710 e. The second-order valence-electron chi connectivity index (χ2n) is 8.21. The lowest BCUT2D eigenvalue weighted by Crippen LogP contribution is -2.51. The van der Waals surface area contributed by atoms with Crippen molar-refractivity contribution in [1.29, 1.82) is 0 Å². The lowest BCUT2D eigenvalue weighted by Gasteiger charge is -2.37. The summed E-state index contributed by atoms with van der Waals surface area (Å²) < 4.78 is 13.2. The molecule has 0 saturated heterocycles. The van der Waals surface area contributed by atoms with Crippen LogP contribution in [0.1, 0.15) is 65.8 Å². The van der Waals surface area contributed by atoms with Crippen LogP contribution in [-0.4, -0.2) is 38.2 Å². The van der Waals surface area contributed by atoms with Crippen LogP contribution in [0.3, 0.4) is 0 Å². The van der Waals surface area contributed by atoms with Crippen LogP contribution in [0.4, 0.5) is 0 Å². The Kier molecular flexibility index (Phi) is 5.33. The van der Waals surface area contributed by atoms with Crippen molar-refractivity contribution >= 4 is 18.4 Å². The Hall–Kier alpha value is -1.57. The summed E-state index contributed by atoms with van der Waals surface area (Å²) in [6.45, 7) is 6.66. The second kappa shape index (κ2) is 7.21. The van der Waals surface area contributed by atoms with E-state index < -0.39 is 18.5 Å². The van der Waals surface area contributed by atoms with Crippen LogP contribution in [0.15, 0.2) is 24.5 Å². The van der Waals surface area contributed by atoms with Crippen LogP contribution < -0.4 is 4.65 Å². The van der Waals surface area contributed by atoms with Crippen LogP contribution in [0.2, 0.25) is 0 Å². The molecule has 6 nitrogen and oxygen atoms in total. The number of rotatable bonds is 6. The number of benzene rings is 1. The highest BCUT2D eigenvalue weighted by Crippen LogP contribution is 2.32. The van der Waals surface area contributed by atoms with Crippen LogP contribution in [0.5, 0.6) is 5.75 Å². The van der Waals surface area contributed by atoms with E-state index in [1.165, 1.54) is 32.1 Å². The molecule has 0 spiro atoms. The van der Waals surface area contributed by atoms with Gasteiger partial charge in [0.2, 0.25) is 0 Å². The maximum absolute atomic E-state index is 10.1. The van der Waals surface area contributed by atoms with E-state index in [1.54, 1.807) is 33.8 Å². The third-order valence-corrected chi connectivity index (χ3v) is 5.62. The first kappa shape index (κ1) is 19.2. The minimum atomic E-state index is -1.48. The molecular weight excluding hydrogens is 331 g/mol. The predicted molar refractivity (Wildman–Crippen MR) is 102 cm³/mol. The van der Waals surface area contributed by atoms with E-state index in [1.807, 2.05) is 18.5 Å². The third kappa shape index (κ3) is 4.05. The molecule has 1 aliphatic carbocycles. The molecule has 0 radical (unpaired) electrons. The van der Waals surface area contributed by atoms with Crippen molar-refractivity contribution in [2.45, 2.75) is 77.0 Å². The molecule has 1 fully saturated rings. The zero-order valence-electron chi connectivity index (χ0n) is 16.1. The number of hydrogen-bond donors (Lipinski definition) is 2. The molecular formula is C19H29BN2O4. The number of aliphatic hydroxyl groups is 1. The second-order valence-corrected chi connectivity index (χ2v) is 8.21. The number of fused-ring (bicyclic) bond motifs is 1. The van der Waals surface area contributed by atoms with Gasteiger partial charge in [0.05, 0.1) is 28.6 Å². The summed E-state index contributed by atoms with van der Waals surface area (Å²) in [5, 5.41) is 20.2. The minimum absolute atomic E-state index is 0.477. The molecule has 2 aromatic rings. The molecule has 0 aliphatic heterocycles. The van der Waals surface area contributed by atoms with E-state index in [9.17, 15) is 10.1 Å². The van der Waals surface area contributed by atoms with Gasteiger partial charge in [-0.3, -0.25) is 0 Å². The molecule has 1 heterocycles. The lowest BCUT2D eigenvalue weighted by atomic mass is 9.88. The van der Waals surface area contributed by atoms with Crippen LogP contribution in [0, 0.1) is 0 Å². The van der Waals surface area contributed by atoms with E-state index in [0.717, 1.165) is 11.0 Å². The van der Waals surface area contributed by atoms with Gasteiger partial charge in [-0.2, -0.15) is 0 Å². The van der Waals surface area contributed by atoms with Crippen molar-refractivity contribution in [3.63, 3.8) is 0 Å². The molecule has 7 heteroatoms. The summed E-state index contributed by atoms with van der Waals surface area (Å²) in [5.41, 5.74) is -0.183. The molecule has 142 valence electrons. The minimum Gasteiger partial charge on any atom is -0.512 e. The van der Waals surface area contributed by atoms with Crippen LogP contribution in [-0.2, 0) is 4.65 Å². The van der Waals surface area contributed by atoms with Gasteiger partial charge in [-0.25, -0.2) is 4.98 Å². The maximum Gasteiger partial charge on any atom is 0.710 e. The van der Waals surface area contributed by atoms with Gasteiger partial charge in [-0.15, -0.1) is 0 Å². The fourth-order valence-electron chi connectivity index (χ4n) is 3.27. The number of aromatic nitrogens is 2. The molecule has 26 heavy (non-hydrogen) atoms. The van der Waals surface area contributed by atoms with Crippen LogP contribution >= 0.6 is 0 Å².